The Kier molecular flexibility index (Phi) is 23.5. The highest BCUT2D eigenvalue weighted by atomic mass is 35.5. The van der Waals surface area contributed by atoms with Crippen LogP contribution in [0.5, 0.6) is 0 Å². The number of allylic oxidation sites excluding steroid dienone is 3. The molecule has 7 N–H and O–H groups in total. The second-order valence-electron chi connectivity index (χ2n) is 25.9. The molecule has 0 amide bonds. The van der Waals surface area contributed by atoms with Gasteiger partial charge in [-0.15, -0.1) is 0 Å². The molecule has 480 valence electrons. The Morgan fingerprint density at radius 3 is 2.15 bits per heavy atom. The van der Waals surface area contributed by atoms with Gasteiger partial charge in [-0.25, -0.2) is 0 Å². The van der Waals surface area contributed by atoms with Crippen LogP contribution in [0.15, 0.2) is 60.2 Å². The topological polar surface area (TPSA) is 302 Å². The number of methoxy groups -OCH3 is 1. The van der Waals surface area contributed by atoms with Crippen molar-refractivity contribution in [2.45, 2.75) is 278 Å². The zero-order valence-corrected chi connectivity index (χ0v) is 51.5. The van der Waals surface area contributed by atoms with Crippen LogP contribution in [0.2, 0.25) is 0 Å². The normalized spacial score (nSPS) is 44.5. The third-order valence-electron chi connectivity index (χ3n) is 18.3. The zero-order chi connectivity index (χ0) is 62.5. The fourth-order valence-corrected chi connectivity index (χ4v) is 14.2. The zero-order valence-electron chi connectivity index (χ0n) is 50.7. The van der Waals surface area contributed by atoms with Crippen molar-refractivity contribution in [3.63, 3.8) is 0 Å². The Labute approximate surface area is 505 Å². The molecular formula is C63H95ClO21. The summed E-state index contributed by atoms with van der Waals surface area (Å²) in [6, 6.07) is 0. The molecule has 0 saturated carbocycles. The Hall–Kier alpha value is -3.49. The molecule has 0 aromatic carbocycles. The molecule has 85 heavy (non-hydrogen) atoms. The van der Waals surface area contributed by atoms with Crippen molar-refractivity contribution in [3.8, 4) is 0 Å². The highest BCUT2D eigenvalue weighted by molar-refractivity contribution is 6.30. The molecule has 22 heteroatoms. The number of aliphatic hydroxyl groups is 7. The number of halogens is 1. The monoisotopic (exact) mass is 1220 g/mol. The van der Waals surface area contributed by atoms with Crippen LogP contribution in [0.3, 0.4) is 0 Å². The lowest BCUT2D eigenvalue weighted by Gasteiger charge is -2.52. The minimum absolute atomic E-state index is 0.00321. The number of aliphatic hydroxyl groups excluding tert-OH is 5. The minimum atomic E-state index is -2.40. The molecule has 0 aromatic rings. The van der Waals surface area contributed by atoms with Crippen LogP contribution in [0, 0.1) is 23.7 Å². The Morgan fingerprint density at radius 1 is 0.812 bits per heavy atom. The lowest BCUT2D eigenvalue weighted by Crippen LogP contribution is -2.65. The van der Waals surface area contributed by atoms with Crippen molar-refractivity contribution >= 4 is 35.3 Å². The highest BCUT2D eigenvalue weighted by Gasteiger charge is 2.58. The minimum Gasteiger partial charge on any atom is -0.462 e. The molecule has 0 aliphatic carbocycles. The first-order valence-corrected chi connectivity index (χ1v) is 30.7. The van der Waals surface area contributed by atoms with E-state index in [0.717, 1.165) is 0 Å². The predicted octanol–water partition coefficient (Wildman–Crippen LogP) is 5.91. The predicted molar refractivity (Wildman–Crippen MR) is 308 cm³/mol. The molecule has 6 unspecified atom stereocenters. The molecule has 7 aliphatic rings. The lowest BCUT2D eigenvalue weighted by atomic mass is 9.78. The van der Waals surface area contributed by atoms with Crippen molar-refractivity contribution in [2.24, 2.45) is 23.7 Å². The molecule has 0 radical (unpaired) electrons. The van der Waals surface area contributed by atoms with Gasteiger partial charge in [0, 0.05) is 108 Å². The fourth-order valence-electron chi connectivity index (χ4n) is 14.1. The smallest absolute Gasteiger partial charge is 0.308 e. The van der Waals surface area contributed by atoms with Gasteiger partial charge >= 0.3 is 17.9 Å². The molecular weight excluding hydrogens is 1130 g/mol. The first-order valence-electron chi connectivity index (χ1n) is 30.3. The highest BCUT2D eigenvalue weighted by Crippen LogP contribution is 2.48. The summed E-state index contributed by atoms with van der Waals surface area (Å²) in [6.45, 7) is 23.1. The first kappa shape index (κ1) is 69.0. The number of rotatable bonds is 9. The van der Waals surface area contributed by atoms with E-state index >= 15 is 0 Å². The Balaban J connectivity index is 1.22. The average molecular weight is 1220 g/mol. The second-order valence-corrected chi connectivity index (χ2v) is 26.4. The number of hydrogen-bond donors (Lipinski definition) is 7. The maximum absolute atomic E-state index is 14.5. The summed E-state index contributed by atoms with van der Waals surface area (Å²) in [5, 5.41) is 82.6. The van der Waals surface area contributed by atoms with Crippen LogP contribution in [0.25, 0.3) is 0 Å². The van der Waals surface area contributed by atoms with Crippen molar-refractivity contribution in [3.05, 3.63) is 60.2 Å². The van der Waals surface area contributed by atoms with Crippen LogP contribution in [0.1, 0.15) is 158 Å². The molecule has 24 atom stereocenters. The van der Waals surface area contributed by atoms with E-state index in [4.69, 9.17) is 59.0 Å². The number of Topliss-reactive ketones (excluding diaryl/α,β-unsaturated/α-hetero) is 1. The fraction of sp³-hybridized carbons (Fsp3) is 0.778. The Bertz CT molecular complexity index is 2430. The van der Waals surface area contributed by atoms with Crippen molar-refractivity contribution < 1.29 is 102 Å². The summed E-state index contributed by atoms with van der Waals surface area (Å²) >= 11 is 5.89. The summed E-state index contributed by atoms with van der Waals surface area (Å²) in [5.41, 5.74) is -0.508. The number of hydrogen-bond acceptors (Lipinski definition) is 21. The summed E-state index contributed by atoms with van der Waals surface area (Å²) in [5.74, 6) is -10.7. The van der Waals surface area contributed by atoms with E-state index in [9.17, 15) is 54.9 Å². The number of carbonyl (C=O) groups excluding carboxylic acids is 4. The summed E-state index contributed by atoms with van der Waals surface area (Å²) in [6.07, 6.45) is -8.69. The molecule has 7 aliphatic heterocycles. The maximum Gasteiger partial charge on any atom is 0.308 e. The van der Waals surface area contributed by atoms with Gasteiger partial charge in [-0.2, -0.15) is 0 Å². The third kappa shape index (κ3) is 18.1. The third-order valence-corrected chi connectivity index (χ3v) is 18.4. The average Bonchev–Trinajstić information content (AvgIpc) is 1.35. The number of fused-ring (bicyclic) bond motifs is 8. The van der Waals surface area contributed by atoms with Gasteiger partial charge in [-0.1, -0.05) is 88.4 Å². The van der Waals surface area contributed by atoms with E-state index in [1.165, 1.54) is 26.0 Å². The second kappa shape index (κ2) is 29.0. The van der Waals surface area contributed by atoms with E-state index < -0.39 is 169 Å². The van der Waals surface area contributed by atoms with Gasteiger partial charge in [0.2, 0.25) is 0 Å². The largest absolute Gasteiger partial charge is 0.462 e. The van der Waals surface area contributed by atoms with E-state index in [0.29, 0.717) is 43.3 Å². The van der Waals surface area contributed by atoms with Gasteiger partial charge in [0.05, 0.1) is 85.1 Å². The van der Waals surface area contributed by atoms with E-state index in [1.54, 1.807) is 41.7 Å². The maximum atomic E-state index is 14.5. The van der Waals surface area contributed by atoms with Crippen LogP contribution in [-0.4, -0.2) is 187 Å². The van der Waals surface area contributed by atoms with Crippen molar-refractivity contribution in [1.82, 2.24) is 0 Å². The Morgan fingerprint density at radius 2 is 1.47 bits per heavy atom. The molecule has 10 bridgehead atoms. The van der Waals surface area contributed by atoms with Gasteiger partial charge in [-0.05, 0) is 51.5 Å². The molecule has 6 saturated heterocycles. The van der Waals surface area contributed by atoms with E-state index in [-0.39, 0.29) is 81.1 Å². The molecule has 7 heterocycles. The number of ether oxygens (including phenoxy) is 10. The van der Waals surface area contributed by atoms with Crippen molar-refractivity contribution in [1.29, 1.82) is 0 Å². The summed E-state index contributed by atoms with van der Waals surface area (Å²) in [4.78, 5) is 54.3. The van der Waals surface area contributed by atoms with Crippen LogP contribution < -0.4 is 0 Å². The molecule has 6 fully saturated rings. The molecule has 7 rings (SSSR count). The standard InChI is InChI=1S/C63H95ClO21/c1-33(19-42(67)18-17-35(3)64)20-53-55(72)57-39(7)58(79-53)59(73)63(75)31-51(70)37(5)52(85-63)16-14-12-13-15-44-22-43(68)27-61(81-44)29-47(76-11)23-45(82-61)25-50(69)38(6)56(78-41(9)66)36(4)34(2)21-49-28-60(10,74)32-62(84-49)30-48(77-40(8)65)24-46(83-62)26-54(71)80-57/h13,15,17-18,36-39,42-49,51-53,55-59,67-68,70,72-75H,1-3,12,14,16,19-32H2,4-11H3/b15-13-,18-17+/t36-,37-,38-,39?,42?,43+,44?,45+,46-,47+,48+,49?,51+,52-,53?,55-,56+,57?,58-,59+,60+,61-,62-,63-/m1/s1. The van der Waals surface area contributed by atoms with Crippen LogP contribution in [-0.2, 0) is 66.5 Å². The van der Waals surface area contributed by atoms with Gasteiger partial charge in [-0.3, -0.25) is 19.2 Å². The van der Waals surface area contributed by atoms with E-state index in [2.05, 4.69) is 19.7 Å². The quantitative estimate of drug-likeness (QED) is 0.0611. The van der Waals surface area contributed by atoms with E-state index in [1.807, 2.05) is 12.2 Å². The molecule has 0 aromatic heterocycles. The first-order chi connectivity index (χ1) is 39.8. The van der Waals surface area contributed by atoms with Crippen LogP contribution >= 0.6 is 11.6 Å². The molecule has 21 nitrogen and oxygen atoms in total. The van der Waals surface area contributed by atoms with Crippen LogP contribution in [0.4, 0.5) is 0 Å². The lowest BCUT2D eigenvalue weighted by molar-refractivity contribution is -0.351. The number of carbonyl (C=O) groups is 4. The SMILES string of the molecule is C=C(Cl)/C=C/C(O)CC(=C)CC1O[C@@H]2C(C)C(OC(=O)C[C@H]3C[C@H](OC(C)=O)C[C@@]4(C[C@@](C)(O)CC(CC(=C)[C@@H](C)[C@H](OC(C)=O)[C@H](C)C(=O)C[C@@H]5C[C@H](OC)C[C@@]6(C[C@@H](O)CC(/C=C\CCC[C@H]7O[C@](O)(C[C@H](O)[C@H]7C)[C@H]2O)O6)O5)O4)O3)[C@@H]1O. The van der Waals surface area contributed by atoms with Gasteiger partial charge in [0.25, 0.3) is 0 Å². The van der Waals surface area contributed by atoms with Gasteiger partial charge < -0.3 is 83.1 Å². The van der Waals surface area contributed by atoms with Gasteiger partial charge in [0.1, 0.15) is 36.3 Å². The van der Waals surface area contributed by atoms with Crippen molar-refractivity contribution in [2.75, 3.05) is 7.11 Å². The van der Waals surface area contributed by atoms with Gasteiger partial charge in [0.15, 0.2) is 17.4 Å². The molecule has 2 spiro atoms. The number of esters is 3. The summed E-state index contributed by atoms with van der Waals surface area (Å²) in [7, 11) is 1.57. The number of ketones is 1. The summed E-state index contributed by atoms with van der Waals surface area (Å²) < 4.78 is 63.4.